The average Bonchev–Trinajstić information content (AvgIpc) is 2.49. The van der Waals surface area contributed by atoms with E-state index in [1.807, 2.05) is 0 Å². The summed E-state index contributed by atoms with van der Waals surface area (Å²) in [5.41, 5.74) is 0.128. The molecule has 0 saturated heterocycles. The van der Waals surface area contributed by atoms with Crippen molar-refractivity contribution in [1.82, 2.24) is 0 Å². The van der Waals surface area contributed by atoms with Crippen LogP contribution in [0, 0.1) is 5.82 Å². The molecule has 2 rings (SSSR count). The van der Waals surface area contributed by atoms with Gasteiger partial charge >= 0.3 is 0 Å². The number of carbonyl (C=O) groups excluding carboxylic acids is 1. The molecule has 0 spiro atoms. The average molecular weight is 289 g/mol. The van der Waals surface area contributed by atoms with Gasteiger partial charge in [-0.3, -0.25) is 4.79 Å². The molecule has 0 bridgehead atoms. The number of carbonyl (C=O) groups is 1. The number of para-hydroxylation sites is 1. The standard InChI is InChI=1S/C16H16FNO3/c1-11(21-13-7-5-6-12(10-13)20-2)16(19)18-15-9-4-3-8-14(15)17/h3-11H,1-2H3,(H,18,19)/t11-/m1/s1. The molecule has 0 aliphatic rings. The summed E-state index contributed by atoms with van der Waals surface area (Å²) < 4.78 is 24.1. The lowest BCUT2D eigenvalue weighted by Gasteiger charge is -2.15. The first-order valence-corrected chi connectivity index (χ1v) is 6.46. The number of halogens is 1. The lowest BCUT2D eigenvalue weighted by molar-refractivity contribution is -0.122. The van der Waals surface area contributed by atoms with E-state index < -0.39 is 17.8 Å². The molecule has 0 aliphatic heterocycles. The Morgan fingerprint density at radius 1 is 1.14 bits per heavy atom. The summed E-state index contributed by atoms with van der Waals surface area (Å²) in [6.45, 7) is 1.59. The van der Waals surface area contributed by atoms with Crippen LogP contribution in [0.25, 0.3) is 0 Å². The Kier molecular flexibility index (Phi) is 4.77. The van der Waals surface area contributed by atoms with Gasteiger partial charge < -0.3 is 14.8 Å². The van der Waals surface area contributed by atoms with Crippen molar-refractivity contribution in [1.29, 1.82) is 0 Å². The van der Waals surface area contributed by atoms with Gasteiger partial charge in [-0.2, -0.15) is 0 Å². The Balaban J connectivity index is 2.01. The number of benzene rings is 2. The van der Waals surface area contributed by atoms with Crippen LogP contribution in [-0.2, 0) is 4.79 Å². The van der Waals surface area contributed by atoms with Crippen molar-refractivity contribution in [2.24, 2.45) is 0 Å². The van der Waals surface area contributed by atoms with Crippen LogP contribution < -0.4 is 14.8 Å². The molecule has 0 aromatic heterocycles. The molecular weight excluding hydrogens is 273 g/mol. The number of methoxy groups -OCH3 is 1. The van der Waals surface area contributed by atoms with Crippen molar-refractivity contribution in [2.75, 3.05) is 12.4 Å². The van der Waals surface area contributed by atoms with E-state index in [-0.39, 0.29) is 5.69 Å². The SMILES string of the molecule is COc1cccc(O[C@H](C)C(=O)Nc2ccccc2F)c1. The second-order valence-electron chi connectivity index (χ2n) is 4.41. The molecule has 5 heteroatoms. The number of hydrogen-bond donors (Lipinski definition) is 1. The molecule has 21 heavy (non-hydrogen) atoms. The molecule has 1 amide bonds. The summed E-state index contributed by atoms with van der Waals surface area (Å²) in [5, 5.41) is 2.49. The number of amides is 1. The fourth-order valence-electron chi connectivity index (χ4n) is 1.73. The maximum Gasteiger partial charge on any atom is 0.265 e. The highest BCUT2D eigenvalue weighted by Gasteiger charge is 2.16. The van der Waals surface area contributed by atoms with Gasteiger partial charge in [-0.05, 0) is 31.2 Å². The van der Waals surface area contributed by atoms with Crippen LogP contribution in [0.3, 0.4) is 0 Å². The zero-order chi connectivity index (χ0) is 15.2. The summed E-state index contributed by atoms with van der Waals surface area (Å²) in [6, 6.07) is 12.9. The predicted octanol–water partition coefficient (Wildman–Crippen LogP) is 3.24. The highest BCUT2D eigenvalue weighted by atomic mass is 19.1. The van der Waals surface area contributed by atoms with Crippen LogP contribution in [0.5, 0.6) is 11.5 Å². The fourth-order valence-corrected chi connectivity index (χ4v) is 1.73. The summed E-state index contributed by atoms with van der Waals surface area (Å²) in [6.07, 6.45) is -0.767. The van der Waals surface area contributed by atoms with E-state index in [4.69, 9.17) is 9.47 Å². The van der Waals surface area contributed by atoms with Gasteiger partial charge in [-0.25, -0.2) is 4.39 Å². The Morgan fingerprint density at radius 2 is 1.86 bits per heavy atom. The van der Waals surface area contributed by atoms with Gasteiger partial charge in [-0.15, -0.1) is 0 Å². The van der Waals surface area contributed by atoms with Gasteiger partial charge in [0.15, 0.2) is 6.10 Å². The van der Waals surface area contributed by atoms with E-state index >= 15 is 0 Å². The minimum absolute atomic E-state index is 0.128. The van der Waals surface area contributed by atoms with Gasteiger partial charge in [0.05, 0.1) is 12.8 Å². The number of hydrogen-bond acceptors (Lipinski definition) is 3. The third-order valence-corrected chi connectivity index (χ3v) is 2.86. The maximum atomic E-state index is 13.5. The van der Waals surface area contributed by atoms with Gasteiger partial charge in [0.2, 0.25) is 0 Å². The van der Waals surface area contributed by atoms with E-state index in [1.54, 1.807) is 50.4 Å². The Labute approximate surface area is 122 Å². The Hall–Kier alpha value is -2.56. The topological polar surface area (TPSA) is 47.6 Å². The minimum Gasteiger partial charge on any atom is -0.497 e. The molecule has 0 saturated carbocycles. The number of ether oxygens (including phenoxy) is 2. The predicted molar refractivity (Wildman–Crippen MR) is 78.1 cm³/mol. The summed E-state index contributed by atoms with van der Waals surface area (Å²) >= 11 is 0. The van der Waals surface area contributed by atoms with Gasteiger partial charge in [-0.1, -0.05) is 18.2 Å². The van der Waals surface area contributed by atoms with Crippen LogP contribution in [-0.4, -0.2) is 19.1 Å². The molecule has 110 valence electrons. The quantitative estimate of drug-likeness (QED) is 0.919. The van der Waals surface area contributed by atoms with Gasteiger partial charge in [0.1, 0.15) is 17.3 Å². The smallest absolute Gasteiger partial charge is 0.265 e. The highest BCUT2D eigenvalue weighted by Crippen LogP contribution is 2.20. The third-order valence-electron chi connectivity index (χ3n) is 2.86. The summed E-state index contributed by atoms with van der Waals surface area (Å²) in [5.74, 6) is 0.224. The molecule has 2 aromatic carbocycles. The van der Waals surface area contributed by atoms with Crippen LogP contribution in [0.4, 0.5) is 10.1 Å². The molecule has 0 aliphatic carbocycles. The van der Waals surface area contributed by atoms with E-state index in [0.717, 1.165) is 0 Å². The first kappa shape index (κ1) is 14.8. The van der Waals surface area contributed by atoms with Crippen LogP contribution in [0.1, 0.15) is 6.92 Å². The summed E-state index contributed by atoms with van der Waals surface area (Å²) in [4.78, 5) is 12.0. The largest absolute Gasteiger partial charge is 0.497 e. The van der Waals surface area contributed by atoms with E-state index in [2.05, 4.69) is 5.32 Å². The maximum absolute atomic E-state index is 13.5. The van der Waals surface area contributed by atoms with E-state index in [0.29, 0.717) is 11.5 Å². The van der Waals surface area contributed by atoms with Crippen molar-refractivity contribution in [3.8, 4) is 11.5 Å². The second kappa shape index (κ2) is 6.74. The van der Waals surface area contributed by atoms with Crippen molar-refractivity contribution in [3.05, 3.63) is 54.3 Å². The van der Waals surface area contributed by atoms with Crippen LogP contribution in [0.2, 0.25) is 0 Å². The first-order valence-electron chi connectivity index (χ1n) is 6.46. The van der Waals surface area contributed by atoms with Crippen molar-refractivity contribution in [2.45, 2.75) is 13.0 Å². The van der Waals surface area contributed by atoms with Crippen molar-refractivity contribution < 1.29 is 18.7 Å². The molecular formula is C16H16FNO3. The molecule has 0 fully saturated rings. The van der Waals surface area contributed by atoms with Crippen molar-refractivity contribution >= 4 is 11.6 Å². The third kappa shape index (κ3) is 3.95. The molecule has 2 aromatic rings. The normalized spacial score (nSPS) is 11.6. The minimum atomic E-state index is -0.767. The molecule has 4 nitrogen and oxygen atoms in total. The number of anilines is 1. The zero-order valence-corrected chi connectivity index (χ0v) is 11.8. The van der Waals surface area contributed by atoms with Gasteiger partial charge in [0.25, 0.3) is 5.91 Å². The lowest BCUT2D eigenvalue weighted by atomic mass is 10.2. The molecule has 0 unspecified atom stereocenters. The van der Waals surface area contributed by atoms with Gasteiger partial charge in [0, 0.05) is 6.07 Å². The Morgan fingerprint density at radius 3 is 2.57 bits per heavy atom. The van der Waals surface area contributed by atoms with Crippen LogP contribution in [0.15, 0.2) is 48.5 Å². The zero-order valence-electron chi connectivity index (χ0n) is 11.8. The molecule has 1 atom stereocenters. The highest BCUT2D eigenvalue weighted by molar-refractivity contribution is 5.94. The first-order chi connectivity index (χ1) is 10.1. The molecule has 1 N–H and O–H groups in total. The summed E-state index contributed by atoms with van der Waals surface area (Å²) in [7, 11) is 1.55. The number of nitrogens with one attached hydrogen (secondary N) is 1. The number of rotatable bonds is 5. The molecule has 0 heterocycles. The monoisotopic (exact) mass is 289 g/mol. The fraction of sp³-hybridized carbons (Fsp3) is 0.188. The Bertz CT molecular complexity index is 630. The van der Waals surface area contributed by atoms with Crippen molar-refractivity contribution in [3.63, 3.8) is 0 Å². The van der Waals surface area contributed by atoms with E-state index in [1.165, 1.54) is 12.1 Å². The second-order valence-corrected chi connectivity index (χ2v) is 4.41. The van der Waals surface area contributed by atoms with Crippen LogP contribution >= 0.6 is 0 Å². The molecule has 0 radical (unpaired) electrons. The lowest BCUT2D eigenvalue weighted by Crippen LogP contribution is -2.30. The van der Waals surface area contributed by atoms with E-state index in [9.17, 15) is 9.18 Å².